The van der Waals surface area contributed by atoms with Crippen LogP contribution in [0.4, 0.5) is 0 Å². The van der Waals surface area contributed by atoms with E-state index in [1.54, 1.807) is 22.3 Å². The molecule has 0 bridgehead atoms. The number of rotatable bonds is 5. The van der Waals surface area contributed by atoms with Crippen LogP contribution in [-0.4, -0.2) is 0 Å². The first-order valence-electron chi connectivity index (χ1n) is 12.2. The Bertz CT molecular complexity index is 844. The molecule has 0 aliphatic heterocycles. The van der Waals surface area contributed by atoms with Gasteiger partial charge in [0.05, 0.1) is 0 Å². The minimum Gasteiger partial charge on any atom is -0.0877 e. The van der Waals surface area contributed by atoms with Gasteiger partial charge in [-0.2, -0.15) is 0 Å². The highest BCUT2D eigenvalue weighted by molar-refractivity contribution is 5.53. The summed E-state index contributed by atoms with van der Waals surface area (Å²) in [7, 11) is 0. The summed E-state index contributed by atoms with van der Waals surface area (Å²) in [5.41, 5.74) is 9.39. The summed E-state index contributed by atoms with van der Waals surface area (Å²) < 4.78 is 0. The molecule has 1 saturated carbocycles. The first-order chi connectivity index (χ1) is 14.8. The Morgan fingerprint density at radius 1 is 1.03 bits per heavy atom. The van der Waals surface area contributed by atoms with Crippen molar-refractivity contribution < 1.29 is 0 Å². The van der Waals surface area contributed by atoms with Crippen LogP contribution < -0.4 is 0 Å². The summed E-state index contributed by atoms with van der Waals surface area (Å²) in [5, 5.41) is 0. The summed E-state index contributed by atoms with van der Waals surface area (Å²) in [6.45, 7) is 8.51. The second-order valence-electron chi connectivity index (χ2n) is 8.72. The maximum absolute atomic E-state index is 2.46. The lowest BCUT2D eigenvalue weighted by atomic mass is 9.66. The summed E-state index contributed by atoms with van der Waals surface area (Å²) in [4.78, 5) is 0. The molecule has 0 N–H and O–H groups in total. The Morgan fingerprint density at radius 2 is 1.90 bits per heavy atom. The molecule has 0 aromatic heterocycles. The van der Waals surface area contributed by atoms with Crippen molar-refractivity contribution in [2.24, 2.45) is 11.8 Å². The molecular weight excluding hydrogens is 360 g/mol. The third kappa shape index (κ3) is 5.34. The third-order valence-electron chi connectivity index (χ3n) is 6.95. The predicted octanol–water partition coefficient (Wildman–Crippen LogP) is 9.13. The van der Waals surface area contributed by atoms with Crippen LogP contribution in [0.2, 0.25) is 0 Å². The van der Waals surface area contributed by atoms with Crippen molar-refractivity contribution in [3.8, 4) is 0 Å². The van der Waals surface area contributed by atoms with Gasteiger partial charge in [0.1, 0.15) is 0 Å². The quantitative estimate of drug-likeness (QED) is 0.431. The molecule has 160 valence electrons. The van der Waals surface area contributed by atoms with Crippen LogP contribution in [0.1, 0.15) is 79.1 Å². The van der Waals surface area contributed by atoms with Crippen LogP contribution in [0.25, 0.3) is 0 Å². The van der Waals surface area contributed by atoms with E-state index in [1.165, 1.54) is 56.1 Å². The van der Waals surface area contributed by atoms with E-state index in [-0.39, 0.29) is 0 Å². The molecule has 0 heteroatoms. The molecule has 0 saturated heterocycles. The van der Waals surface area contributed by atoms with E-state index in [9.17, 15) is 0 Å². The van der Waals surface area contributed by atoms with E-state index in [1.807, 2.05) is 13.8 Å². The molecule has 1 fully saturated rings. The van der Waals surface area contributed by atoms with Crippen molar-refractivity contribution in [1.29, 1.82) is 0 Å². The van der Waals surface area contributed by atoms with Gasteiger partial charge in [0.15, 0.2) is 0 Å². The molecule has 30 heavy (non-hydrogen) atoms. The van der Waals surface area contributed by atoms with Gasteiger partial charge in [-0.15, -0.1) is 0 Å². The zero-order valence-electron chi connectivity index (χ0n) is 19.6. The van der Waals surface area contributed by atoms with E-state index in [0.717, 1.165) is 18.3 Å². The highest BCUT2D eigenvalue weighted by Gasteiger charge is 2.32. The molecule has 4 aliphatic rings. The Kier molecular flexibility index (Phi) is 8.55. The van der Waals surface area contributed by atoms with Crippen molar-refractivity contribution in [2.75, 3.05) is 0 Å². The Hall–Kier alpha value is -2.08. The zero-order valence-corrected chi connectivity index (χ0v) is 19.6. The fraction of sp³-hybridized carbons (Fsp3) is 0.467. The van der Waals surface area contributed by atoms with Gasteiger partial charge in [0.2, 0.25) is 0 Å². The predicted molar refractivity (Wildman–Crippen MR) is 133 cm³/mol. The molecule has 2 atom stereocenters. The fourth-order valence-electron chi connectivity index (χ4n) is 5.05. The SMILES string of the molecule is C/C=C\C=C1/CC(CC2=C(/C=C/C3=CCCCC4=C3CC=C4)C=CCC2)C1C.CC. The Morgan fingerprint density at radius 3 is 2.70 bits per heavy atom. The first kappa shape index (κ1) is 22.6. The number of hydrogen-bond acceptors (Lipinski definition) is 0. The summed E-state index contributed by atoms with van der Waals surface area (Å²) in [5.74, 6) is 1.56. The van der Waals surface area contributed by atoms with Crippen LogP contribution in [0.15, 0.2) is 94.2 Å². The van der Waals surface area contributed by atoms with Gasteiger partial charge in [0.25, 0.3) is 0 Å². The topological polar surface area (TPSA) is 0 Å². The minimum atomic E-state index is 0.738. The molecule has 0 heterocycles. The van der Waals surface area contributed by atoms with Crippen molar-refractivity contribution in [3.05, 3.63) is 94.2 Å². The maximum Gasteiger partial charge on any atom is -0.00857 e. The monoisotopic (exact) mass is 400 g/mol. The van der Waals surface area contributed by atoms with E-state index >= 15 is 0 Å². The summed E-state index contributed by atoms with van der Waals surface area (Å²) >= 11 is 0. The van der Waals surface area contributed by atoms with E-state index in [0.29, 0.717) is 0 Å². The standard InChI is InChI=1S/C28H34.C2H6/c1-3-4-10-25-19-27(21(25)2)20-26-14-8-5-11-22(26)17-18-24-13-7-6-12-23-15-9-16-28(23)24;1-2/h3-5,9-11,13,15,17-18,21,27H,6-8,12,14,16,19-20H2,1-2H3;1-2H3/b4-3-,18-17+,25-10+;. The van der Waals surface area contributed by atoms with Gasteiger partial charge >= 0.3 is 0 Å². The molecule has 2 unspecified atom stereocenters. The summed E-state index contributed by atoms with van der Waals surface area (Å²) in [6.07, 6.45) is 33.2. The largest absolute Gasteiger partial charge is 0.0877 e. The Labute approximate surface area is 185 Å². The lowest BCUT2D eigenvalue weighted by Gasteiger charge is -2.38. The van der Waals surface area contributed by atoms with Gasteiger partial charge in [-0.1, -0.05) is 92.7 Å². The number of allylic oxidation sites excluding steroid dienone is 16. The second-order valence-corrected chi connectivity index (χ2v) is 8.72. The van der Waals surface area contributed by atoms with Crippen LogP contribution in [0.5, 0.6) is 0 Å². The maximum atomic E-state index is 2.46. The minimum absolute atomic E-state index is 0.738. The average molecular weight is 401 g/mol. The van der Waals surface area contributed by atoms with E-state index < -0.39 is 0 Å². The molecular formula is C30H40. The highest BCUT2D eigenvalue weighted by Crippen LogP contribution is 2.45. The van der Waals surface area contributed by atoms with Gasteiger partial charge in [0, 0.05) is 0 Å². The summed E-state index contributed by atoms with van der Waals surface area (Å²) in [6, 6.07) is 0. The molecule has 0 aromatic carbocycles. The zero-order chi connectivity index (χ0) is 21.3. The third-order valence-corrected chi connectivity index (χ3v) is 6.95. The molecule has 0 amide bonds. The van der Waals surface area contributed by atoms with E-state index in [2.05, 4.69) is 74.6 Å². The highest BCUT2D eigenvalue weighted by atomic mass is 14.4. The molecule has 4 rings (SSSR count). The van der Waals surface area contributed by atoms with Gasteiger partial charge in [-0.05, 0) is 92.4 Å². The van der Waals surface area contributed by atoms with Crippen molar-refractivity contribution in [1.82, 2.24) is 0 Å². The molecule has 0 aromatic rings. The molecule has 4 aliphatic carbocycles. The average Bonchev–Trinajstić information content (AvgIpc) is 3.17. The van der Waals surface area contributed by atoms with Crippen LogP contribution >= 0.6 is 0 Å². The lowest BCUT2D eigenvalue weighted by Crippen LogP contribution is -2.27. The van der Waals surface area contributed by atoms with E-state index in [4.69, 9.17) is 0 Å². The second kappa shape index (κ2) is 11.3. The van der Waals surface area contributed by atoms with Crippen LogP contribution in [-0.2, 0) is 0 Å². The molecule has 0 spiro atoms. The van der Waals surface area contributed by atoms with Gasteiger partial charge in [-0.25, -0.2) is 0 Å². The van der Waals surface area contributed by atoms with Crippen molar-refractivity contribution in [2.45, 2.75) is 79.1 Å². The molecule has 0 radical (unpaired) electrons. The smallest absolute Gasteiger partial charge is 0.00857 e. The van der Waals surface area contributed by atoms with Crippen molar-refractivity contribution in [3.63, 3.8) is 0 Å². The van der Waals surface area contributed by atoms with Gasteiger partial charge in [-0.3, -0.25) is 0 Å². The van der Waals surface area contributed by atoms with Crippen molar-refractivity contribution >= 4 is 0 Å². The first-order valence-corrected chi connectivity index (χ1v) is 12.2. The Balaban J connectivity index is 0.00000124. The fourth-order valence-corrected chi connectivity index (χ4v) is 5.05. The molecule has 0 nitrogen and oxygen atoms in total. The number of hydrogen-bond donors (Lipinski definition) is 0. The lowest BCUT2D eigenvalue weighted by molar-refractivity contribution is 0.292. The van der Waals surface area contributed by atoms with Crippen LogP contribution in [0, 0.1) is 11.8 Å². The van der Waals surface area contributed by atoms with Crippen LogP contribution in [0.3, 0.4) is 0 Å². The van der Waals surface area contributed by atoms with Gasteiger partial charge < -0.3 is 0 Å². The normalized spacial score (nSPS) is 27.3.